The third-order valence-electron chi connectivity index (χ3n) is 2.25. The molecular weight excluding hydrogens is 258 g/mol. The molecule has 0 unspecified atom stereocenters. The van der Waals surface area contributed by atoms with E-state index in [2.05, 4.69) is 4.98 Å². The van der Waals surface area contributed by atoms with Gasteiger partial charge in [-0.1, -0.05) is 6.92 Å². The van der Waals surface area contributed by atoms with Crippen LogP contribution >= 0.6 is 0 Å². The molecule has 1 heterocycles. The zero-order valence-electron chi connectivity index (χ0n) is 10.5. The van der Waals surface area contributed by atoms with Crippen LogP contribution in [0.5, 0.6) is 0 Å². The van der Waals surface area contributed by atoms with Gasteiger partial charge in [0.1, 0.15) is 12.0 Å². The van der Waals surface area contributed by atoms with E-state index in [1.54, 1.807) is 6.92 Å². The molecule has 0 bridgehead atoms. The van der Waals surface area contributed by atoms with E-state index >= 15 is 0 Å². The normalized spacial score (nSPS) is 11.8. The van der Waals surface area contributed by atoms with Crippen LogP contribution in [0.2, 0.25) is 0 Å². The first-order valence-electron chi connectivity index (χ1n) is 5.35. The summed E-state index contributed by atoms with van der Waals surface area (Å²) in [6, 6.07) is 0. The summed E-state index contributed by atoms with van der Waals surface area (Å²) in [7, 11) is -0.983. The Morgan fingerprint density at radius 2 is 2.00 bits per heavy atom. The molecule has 0 saturated heterocycles. The van der Waals surface area contributed by atoms with E-state index in [-0.39, 0.29) is 12.1 Å². The molecule has 0 amide bonds. The van der Waals surface area contributed by atoms with Crippen LogP contribution in [0.3, 0.4) is 0 Å². The van der Waals surface area contributed by atoms with E-state index in [4.69, 9.17) is 0 Å². The van der Waals surface area contributed by atoms with E-state index in [1.807, 2.05) is 0 Å². The molecular formula is C10H15N3O4S. The fraction of sp³-hybridized carbons (Fsp3) is 0.500. The van der Waals surface area contributed by atoms with Gasteiger partial charge in [0.05, 0.1) is 6.20 Å². The molecule has 1 aromatic rings. The Balaban J connectivity index is 3.01. The summed E-state index contributed by atoms with van der Waals surface area (Å²) >= 11 is 0. The average molecular weight is 273 g/mol. The molecule has 1 aromatic heterocycles. The van der Waals surface area contributed by atoms with Crippen LogP contribution in [0.15, 0.2) is 12.5 Å². The second kappa shape index (κ2) is 5.40. The molecule has 18 heavy (non-hydrogen) atoms. The summed E-state index contributed by atoms with van der Waals surface area (Å²) in [5, 5.41) is 0. The van der Waals surface area contributed by atoms with Crippen molar-refractivity contribution in [3.05, 3.63) is 18.2 Å². The maximum absolute atomic E-state index is 11.7. The minimum Gasteiger partial charge on any atom is -0.290 e. The van der Waals surface area contributed by atoms with Crippen LogP contribution in [0.1, 0.15) is 30.3 Å². The minimum atomic E-state index is -3.70. The highest BCUT2D eigenvalue weighted by Gasteiger charge is 2.22. The Labute approximate surface area is 106 Å². The Kier molecular flexibility index (Phi) is 4.36. The largest absolute Gasteiger partial charge is 0.308 e. The molecule has 1 rings (SSSR count). The van der Waals surface area contributed by atoms with Gasteiger partial charge in [-0.15, -0.1) is 0 Å². The Bertz CT molecular complexity index is 559. The molecule has 0 aliphatic heterocycles. The lowest BCUT2D eigenvalue weighted by molar-refractivity contribution is -0.115. The Morgan fingerprint density at radius 3 is 2.50 bits per heavy atom. The van der Waals surface area contributed by atoms with Gasteiger partial charge in [0, 0.05) is 20.5 Å². The molecule has 0 radical (unpaired) electrons. The van der Waals surface area contributed by atoms with Crippen molar-refractivity contribution in [3.8, 4) is 0 Å². The van der Waals surface area contributed by atoms with E-state index in [1.165, 1.54) is 14.1 Å². The zero-order chi connectivity index (χ0) is 13.9. The molecule has 0 aliphatic carbocycles. The maximum atomic E-state index is 11.7. The van der Waals surface area contributed by atoms with Crippen molar-refractivity contribution in [2.45, 2.75) is 19.8 Å². The molecule has 0 saturated carbocycles. The number of hydrogen-bond acceptors (Lipinski definition) is 5. The van der Waals surface area contributed by atoms with Crippen molar-refractivity contribution in [2.24, 2.45) is 0 Å². The number of imidazole rings is 1. The first-order valence-corrected chi connectivity index (χ1v) is 6.75. The molecule has 0 fully saturated rings. The number of Topliss-reactive ketones (excluding diaryl/α,β-unsaturated/α-hetero) is 2. The van der Waals surface area contributed by atoms with Gasteiger partial charge in [-0.2, -0.15) is 12.7 Å². The summed E-state index contributed by atoms with van der Waals surface area (Å²) in [4.78, 5) is 26.6. The second-order valence-corrected chi connectivity index (χ2v) is 5.93. The Morgan fingerprint density at radius 1 is 1.39 bits per heavy atom. The number of rotatable bonds is 6. The second-order valence-electron chi connectivity index (χ2n) is 3.88. The fourth-order valence-electron chi connectivity index (χ4n) is 1.22. The Hall–Kier alpha value is -1.54. The first kappa shape index (κ1) is 14.5. The molecule has 7 nitrogen and oxygen atoms in total. The number of aromatic nitrogens is 2. The van der Waals surface area contributed by atoms with Crippen LogP contribution in [0.25, 0.3) is 0 Å². The maximum Gasteiger partial charge on any atom is 0.308 e. The van der Waals surface area contributed by atoms with Crippen molar-refractivity contribution < 1.29 is 18.0 Å². The predicted octanol–water partition coefficient (Wildman–Crippen LogP) is 0.0895. The number of carbonyl (C=O) groups excluding carboxylic acids is 2. The molecule has 0 N–H and O–H groups in total. The highest BCUT2D eigenvalue weighted by atomic mass is 32.2. The SMILES string of the molecule is CCCC(=O)C(=O)c1cn(S(=O)(=O)N(C)C)cn1. The van der Waals surface area contributed by atoms with Crippen molar-refractivity contribution in [3.63, 3.8) is 0 Å². The number of hydrogen-bond donors (Lipinski definition) is 0. The summed E-state index contributed by atoms with van der Waals surface area (Å²) in [5.74, 6) is -1.32. The van der Waals surface area contributed by atoms with E-state index in [9.17, 15) is 18.0 Å². The van der Waals surface area contributed by atoms with Gasteiger partial charge in [-0.05, 0) is 6.42 Å². The molecule has 8 heteroatoms. The topological polar surface area (TPSA) is 89.3 Å². The molecule has 0 atom stereocenters. The summed E-state index contributed by atoms with van der Waals surface area (Å²) in [5.41, 5.74) is -0.154. The van der Waals surface area contributed by atoms with Crippen molar-refractivity contribution in [1.82, 2.24) is 13.3 Å². The number of ketones is 2. The lowest BCUT2D eigenvalue weighted by Gasteiger charge is -2.10. The van der Waals surface area contributed by atoms with Gasteiger partial charge < -0.3 is 0 Å². The lowest BCUT2D eigenvalue weighted by Crippen LogP contribution is -2.27. The monoisotopic (exact) mass is 273 g/mol. The van der Waals surface area contributed by atoms with Gasteiger partial charge in [-0.25, -0.2) is 8.96 Å². The van der Waals surface area contributed by atoms with Crippen molar-refractivity contribution in [2.75, 3.05) is 14.1 Å². The van der Waals surface area contributed by atoms with E-state index in [0.717, 1.165) is 20.8 Å². The van der Waals surface area contributed by atoms with Crippen LogP contribution in [0.4, 0.5) is 0 Å². The molecule has 100 valence electrons. The lowest BCUT2D eigenvalue weighted by atomic mass is 10.1. The summed E-state index contributed by atoms with van der Waals surface area (Å²) in [6.07, 6.45) is 2.74. The summed E-state index contributed by atoms with van der Waals surface area (Å²) in [6.45, 7) is 1.78. The number of carbonyl (C=O) groups is 2. The van der Waals surface area contributed by atoms with E-state index in [0.29, 0.717) is 6.42 Å². The molecule has 0 spiro atoms. The number of nitrogens with zero attached hydrogens (tertiary/aromatic N) is 3. The van der Waals surface area contributed by atoms with Gasteiger partial charge in [-0.3, -0.25) is 9.59 Å². The van der Waals surface area contributed by atoms with Gasteiger partial charge >= 0.3 is 10.2 Å². The first-order chi connectivity index (χ1) is 8.30. The predicted molar refractivity (Wildman–Crippen MR) is 64.5 cm³/mol. The van der Waals surface area contributed by atoms with Crippen LogP contribution in [-0.2, 0) is 15.0 Å². The molecule has 0 aliphatic rings. The van der Waals surface area contributed by atoms with Gasteiger partial charge in [0.15, 0.2) is 0 Å². The highest BCUT2D eigenvalue weighted by Crippen LogP contribution is 2.06. The third kappa shape index (κ3) is 2.82. The van der Waals surface area contributed by atoms with Crippen LogP contribution < -0.4 is 0 Å². The minimum absolute atomic E-state index is 0.131. The van der Waals surface area contributed by atoms with Crippen LogP contribution in [0, 0.1) is 0 Å². The highest BCUT2D eigenvalue weighted by molar-refractivity contribution is 7.87. The van der Waals surface area contributed by atoms with Crippen molar-refractivity contribution >= 4 is 21.8 Å². The van der Waals surface area contributed by atoms with E-state index < -0.39 is 21.8 Å². The summed E-state index contributed by atoms with van der Waals surface area (Å²) < 4.78 is 25.2. The van der Waals surface area contributed by atoms with Gasteiger partial charge in [0.25, 0.3) is 0 Å². The fourth-order valence-corrected chi connectivity index (χ4v) is 2.00. The quantitative estimate of drug-likeness (QED) is 0.541. The smallest absolute Gasteiger partial charge is 0.290 e. The zero-order valence-corrected chi connectivity index (χ0v) is 11.3. The van der Waals surface area contributed by atoms with Crippen LogP contribution in [-0.4, -0.2) is 47.3 Å². The standard InChI is InChI=1S/C10H15N3O4S/c1-4-5-9(14)10(15)8-6-13(7-11-8)18(16,17)12(2)3/h6-7H,4-5H2,1-3H3. The van der Waals surface area contributed by atoms with Gasteiger partial charge in [0.2, 0.25) is 11.6 Å². The average Bonchev–Trinajstić information content (AvgIpc) is 2.77. The third-order valence-corrected chi connectivity index (χ3v) is 3.91. The van der Waals surface area contributed by atoms with Crippen molar-refractivity contribution in [1.29, 1.82) is 0 Å². The molecule has 0 aromatic carbocycles.